The zero-order valence-corrected chi connectivity index (χ0v) is 12.9. The standard InChI is InChI=1S/C12H21F2N3O2S/c1-9(2)12(3,4)8-20(18,19)16-7-10-15-5-6-17(10)11(13)14/h5-6,9,11,16H,7-8H2,1-4H3. The Balaban J connectivity index is 2.71. The smallest absolute Gasteiger partial charge is 0.277 e. The summed E-state index contributed by atoms with van der Waals surface area (Å²) in [6.45, 7) is 4.63. The first-order valence-electron chi connectivity index (χ1n) is 6.32. The van der Waals surface area contributed by atoms with Gasteiger partial charge in [-0.2, -0.15) is 8.78 Å². The first-order chi connectivity index (χ1) is 9.05. The lowest BCUT2D eigenvalue weighted by molar-refractivity contribution is 0.0669. The maximum atomic E-state index is 12.6. The zero-order chi connectivity index (χ0) is 15.6. The minimum atomic E-state index is -3.55. The molecule has 0 bridgehead atoms. The Morgan fingerprint density at radius 3 is 2.50 bits per heavy atom. The fraction of sp³-hybridized carbons (Fsp3) is 0.750. The van der Waals surface area contributed by atoms with Gasteiger partial charge in [0.25, 0.3) is 0 Å². The van der Waals surface area contributed by atoms with Crippen LogP contribution in [-0.2, 0) is 16.6 Å². The average molecular weight is 309 g/mol. The average Bonchev–Trinajstić information content (AvgIpc) is 2.73. The molecule has 20 heavy (non-hydrogen) atoms. The van der Waals surface area contributed by atoms with Gasteiger partial charge in [-0.3, -0.25) is 4.57 Å². The van der Waals surface area contributed by atoms with Gasteiger partial charge in [0.1, 0.15) is 5.82 Å². The molecule has 0 amide bonds. The Bertz CT molecular complexity index is 539. The molecular weight excluding hydrogens is 288 g/mol. The summed E-state index contributed by atoms with van der Waals surface area (Å²) in [5, 5.41) is 0. The molecule has 0 unspecified atom stereocenters. The predicted octanol–water partition coefficient (Wildman–Crippen LogP) is 2.38. The number of nitrogens with zero attached hydrogens (tertiary/aromatic N) is 2. The number of halogens is 2. The van der Waals surface area contributed by atoms with Crippen LogP contribution in [0.3, 0.4) is 0 Å². The number of rotatable bonds is 7. The van der Waals surface area contributed by atoms with Crippen LogP contribution in [0.4, 0.5) is 8.78 Å². The van der Waals surface area contributed by atoms with Crippen molar-refractivity contribution < 1.29 is 17.2 Å². The van der Waals surface area contributed by atoms with Crippen molar-refractivity contribution in [2.24, 2.45) is 11.3 Å². The van der Waals surface area contributed by atoms with Crippen molar-refractivity contribution in [3.63, 3.8) is 0 Å². The fourth-order valence-corrected chi connectivity index (χ4v) is 3.30. The normalized spacial score (nSPS) is 13.4. The minimum Gasteiger partial charge on any atom is -0.277 e. The van der Waals surface area contributed by atoms with E-state index in [9.17, 15) is 17.2 Å². The van der Waals surface area contributed by atoms with Gasteiger partial charge in [0.2, 0.25) is 10.0 Å². The number of hydrogen-bond acceptors (Lipinski definition) is 3. The number of alkyl halides is 2. The monoisotopic (exact) mass is 309 g/mol. The molecule has 8 heteroatoms. The molecule has 0 saturated heterocycles. The van der Waals surface area contributed by atoms with Crippen molar-refractivity contribution in [3.8, 4) is 0 Å². The van der Waals surface area contributed by atoms with E-state index in [2.05, 4.69) is 9.71 Å². The van der Waals surface area contributed by atoms with E-state index in [1.165, 1.54) is 6.20 Å². The summed E-state index contributed by atoms with van der Waals surface area (Å²) in [5.41, 5.74) is -0.399. The molecule has 0 fully saturated rings. The third kappa shape index (κ3) is 4.52. The topological polar surface area (TPSA) is 64.0 Å². The van der Waals surface area contributed by atoms with Crippen LogP contribution in [0.1, 0.15) is 40.1 Å². The van der Waals surface area contributed by atoms with E-state index < -0.39 is 22.0 Å². The molecule has 0 aliphatic carbocycles. The Morgan fingerprint density at radius 2 is 2.00 bits per heavy atom. The molecule has 1 aromatic heterocycles. The van der Waals surface area contributed by atoms with Gasteiger partial charge in [-0.1, -0.05) is 27.7 Å². The van der Waals surface area contributed by atoms with Crippen molar-refractivity contribution >= 4 is 10.0 Å². The van der Waals surface area contributed by atoms with E-state index in [4.69, 9.17) is 0 Å². The van der Waals surface area contributed by atoms with E-state index >= 15 is 0 Å². The van der Waals surface area contributed by atoms with Gasteiger partial charge >= 0.3 is 6.55 Å². The maximum absolute atomic E-state index is 12.6. The Labute approximate surface area is 118 Å². The highest BCUT2D eigenvalue weighted by atomic mass is 32.2. The molecule has 5 nitrogen and oxygen atoms in total. The Morgan fingerprint density at radius 1 is 1.40 bits per heavy atom. The highest BCUT2D eigenvalue weighted by Gasteiger charge is 2.29. The Kier molecular flexibility index (Phi) is 5.26. The quantitative estimate of drug-likeness (QED) is 0.841. The molecule has 1 aromatic rings. The number of aromatic nitrogens is 2. The SMILES string of the molecule is CC(C)C(C)(C)CS(=O)(=O)NCc1nccn1C(F)F. The zero-order valence-electron chi connectivity index (χ0n) is 12.1. The lowest BCUT2D eigenvalue weighted by Crippen LogP contribution is -2.36. The summed E-state index contributed by atoms with van der Waals surface area (Å²) >= 11 is 0. The summed E-state index contributed by atoms with van der Waals surface area (Å²) < 4.78 is 52.1. The predicted molar refractivity (Wildman–Crippen MR) is 72.7 cm³/mol. The molecule has 0 atom stereocenters. The highest BCUT2D eigenvalue weighted by molar-refractivity contribution is 7.89. The van der Waals surface area contributed by atoms with Crippen LogP contribution in [0.5, 0.6) is 0 Å². The third-order valence-electron chi connectivity index (χ3n) is 3.53. The van der Waals surface area contributed by atoms with Gasteiger partial charge in [0, 0.05) is 12.4 Å². The molecule has 1 heterocycles. The number of imidazole rings is 1. The van der Waals surface area contributed by atoms with Gasteiger partial charge in [-0.05, 0) is 11.3 Å². The molecule has 0 aliphatic rings. The summed E-state index contributed by atoms with van der Waals surface area (Å²) in [4.78, 5) is 3.73. The largest absolute Gasteiger partial charge is 0.319 e. The van der Waals surface area contributed by atoms with Gasteiger partial charge in [-0.25, -0.2) is 18.1 Å². The molecule has 0 aromatic carbocycles. The van der Waals surface area contributed by atoms with Crippen molar-refractivity contribution in [2.75, 3.05) is 5.75 Å². The molecule has 0 aliphatic heterocycles. The van der Waals surface area contributed by atoms with E-state index in [1.807, 2.05) is 27.7 Å². The van der Waals surface area contributed by atoms with Crippen molar-refractivity contribution in [1.29, 1.82) is 0 Å². The molecular formula is C12H21F2N3O2S. The second kappa shape index (κ2) is 6.17. The molecule has 0 radical (unpaired) electrons. The molecule has 1 N–H and O–H groups in total. The van der Waals surface area contributed by atoms with Crippen LogP contribution in [-0.4, -0.2) is 23.7 Å². The number of sulfonamides is 1. The van der Waals surface area contributed by atoms with Gasteiger partial charge < -0.3 is 0 Å². The Hall–Kier alpha value is -1.02. The number of hydrogen-bond donors (Lipinski definition) is 1. The number of nitrogens with one attached hydrogen (secondary N) is 1. The second-order valence-corrected chi connectivity index (χ2v) is 7.56. The minimum absolute atomic E-state index is 0.00840. The maximum Gasteiger partial charge on any atom is 0.319 e. The summed E-state index contributed by atoms with van der Waals surface area (Å²) in [5.74, 6) is 0.112. The van der Waals surface area contributed by atoms with Gasteiger partial charge in [0.05, 0.1) is 12.3 Å². The highest BCUT2D eigenvalue weighted by Crippen LogP contribution is 2.27. The van der Waals surface area contributed by atoms with E-state index in [-0.39, 0.29) is 24.0 Å². The van der Waals surface area contributed by atoms with E-state index in [0.29, 0.717) is 4.57 Å². The second-order valence-electron chi connectivity index (χ2n) is 5.75. The molecule has 0 saturated carbocycles. The van der Waals surface area contributed by atoms with Crippen LogP contribution in [0.25, 0.3) is 0 Å². The fourth-order valence-electron chi connectivity index (χ4n) is 1.54. The van der Waals surface area contributed by atoms with Crippen molar-refractivity contribution in [1.82, 2.24) is 14.3 Å². The molecule has 0 spiro atoms. The van der Waals surface area contributed by atoms with E-state index in [1.54, 1.807) is 0 Å². The van der Waals surface area contributed by atoms with Crippen LogP contribution >= 0.6 is 0 Å². The van der Waals surface area contributed by atoms with Gasteiger partial charge in [-0.15, -0.1) is 0 Å². The van der Waals surface area contributed by atoms with Gasteiger partial charge in [0.15, 0.2) is 0 Å². The van der Waals surface area contributed by atoms with Crippen molar-refractivity contribution in [2.45, 2.75) is 40.8 Å². The molecule has 1 rings (SSSR count). The van der Waals surface area contributed by atoms with Crippen molar-refractivity contribution in [3.05, 3.63) is 18.2 Å². The van der Waals surface area contributed by atoms with Crippen LogP contribution in [0, 0.1) is 11.3 Å². The lowest BCUT2D eigenvalue weighted by atomic mass is 9.83. The molecule has 116 valence electrons. The van der Waals surface area contributed by atoms with Crippen LogP contribution < -0.4 is 4.72 Å². The van der Waals surface area contributed by atoms with Crippen LogP contribution in [0.2, 0.25) is 0 Å². The van der Waals surface area contributed by atoms with E-state index in [0.717, 1.165) is 6.20 Å². The summed E-state index contributed by atoms with van der Waals surface area (Å²) in [6.07, 6.45) is 2.33. The third-order valence-corrected chi connectivity index (χ3v) is 5.24. The lowest BCUT2D eigenvalue weighted by Gasteiger charge is -2.28. The van der Waals surface area contributed by atoms with Crippen LogP contribution in [0.15, 0.2) is 12.4 Å². The first-order valence-corrected chi connectivity index (χ1v) is 7.97. The summed E-state index contributed by atoms with van der Waals surface area (Å²) in [7, 11) is -3.55. The first kappa shape index (κ1) is 17.0. The summed E-state index contributed by atoms with van der Waals surface area (Å²) in [6, 6.07) is 0.